The zero-order chi connectivity index (χ0) is 22.4. The fraction of sp³-hybridized carbons (Fsp3) is 0.519. The zero-order valence-electron chi connectivity index (χ0n) is 19.6. The largest absolute Gasteiger partial charge is 0.496 e. The van der Waals surface area contributed by atoms with Crippen molar-refractivity contribution in [1.29, 1.82) is 0 Å². The van der Waals surface area contributed by atoms with Gasteiger partial charge in [0.05, 0.1) is 19.3 Å². The van der Waals surface area contributed by atoms with Gasteiger partial charge < -0.3 is 14.4 Å². The molecule has 1 fully saturated rings. The average molecular weight is 424 g/mol. The SMILES string of the molecule is COc1ccccc1[C@]1(CCN(C(C)=O)[C@H](C)c2ccccc2)CCO[C@H](C(C)C)C1. The molecule has 0 saturated carbocycles. The number of benzene rings is 2. The Bertz CT molecular complexity index is 851. The number of rotatable bonds is 8. The first-order valence-corrected chi connectivity index (χ1v) is 11.4. The van der Waals surface area contributed by atoms with Crippen LogP contribution in [0.5, 0.6) is 5.75 Å². The van der Waals surface area contributed by atoms with Gasteiger partial charge in [0.1, 0.15) is 5.75 Å². The molecule has 1 amide bonds. The summed E-state index contributed by atoms with van der Waals surface area (Å²) >= 11 is 0. The zero-order valence-corrected chi connectivity index (χ0v) is 19.6. The Morgan fingerprint density at radius 1 is 1.13 bits per heavy atom. The van der Waals surface area contributed by atoms with Crippen LogP contribution in [0.25, 0.3) is 0 Å². The van der Waals surface area contributed by atoms with E-state index in [1.807, 2.05) is 35.2 Å². The number of para-hydroxylation sites is 1. The molecule has 0 radical (unpaired) electrons. The lowest BCUT2D eigenvalue weighted by Gasteiger charge is -2.44. The third-order valence-electron chi connectivity index (χ3n) is 6.91. The molecular formula is C27H37NO3. The normalized spacial score (nSPS) is 22.2. The monoisotopic (exact) mass is 423 g/mol. The number of carbonyl (C=O) groups is 1. The Morgan fingerprint density at radius 2 is 1.81 bits per heavy atom. The lowest BCUT2D eigenvalue weighted by atomic mass is 9.68. The van der Waals surface area contributed by atoms with Crippen LogP contribution in [0.1, 0.15) is 64.1 Å². The van der Waals surface area contributed by atoms with Gasteiger partial charge in [0, 0.05) is 31.1 Å². The number of hydrogen-bond donors (Lipinski definition) is 0. The molecular weight excluding hydrogens is 386 g/mol. The summed E-state index contributed by atoms with van der Waals surface area (Å²) in [5.41, 5.74) is 2.32. The number of carbonyl (C=O) groups excluding carboxylic acids is 1. The van der Waals surface area contributed by atoms with Crippen LogP contribution in [-0.4, -0.2) is 37.2 Å². The highest BCUT2D eigenvalue weighted by molar-refractivity contribution is 5.73. The van der Waals surface area contributed by atoms with Crippen LogP contribution >= 0.6 is 0 Å². The van der Waals surface area contributed by atoms with Crippen LogP contribution in [0.2, 0.25) is 0 Å². The van der Waals surface area contributed by atoms with Gasteiger partial charge in [0.25, 0.3) is 0 Å². The van der Waals surface area contributed by atoms with E-state index in [2.05, 4.69) is 45.0 Å². The Morgan fingerprint density at radius 3 is 2.45 bits per heavy atom. The van der Waals surface area contributed by atoms with Gasteiger partial charge in [-0.15, -0.1) is 0 Å². The van der Waals surface area contributed by atoms with Crippen molar-refractivity contribution in [3.05, 3.63) is 65.7 Å². The summed E-state index contributed by atoms with van der Waals surface area (Å²) in [5.74, 6) is 1.48. The number of amides is 1. The molecule has 1 saturated heterocycles. The topological polar surface area (TPSA) is 38.8 Å². The Labute approximate surface area is 187 Å². The summed E-state index contributed by atoms with van der Waals surface area (Å²) in [7, 11) is 1.74. The van der Waals surface area contributed by atoms with E-state index in [-0.39, 0.29) is 23.5 Å². The molecule has 0 spiro atoms. The highest BCUT2D eigenvalue weighted by Crippen LogP contribution is 2.45. The highest BCUT2D eigenvalue weighted by atomic mass is 16.5. The molecule has 31 heavy (non-hydrogen) atoms. The van der Waals surface area contributed by atoms with Crippen molar-refractivity contribution in [3.8, 4) is 5.75 Å². The second-order valence-corrected chi connectivity index (χ2v) is 9.14. The summed E-state index contributed by atoms with van der Waals surface area (Å²) in [6, 6.07) is 18.7. The molecule has 0 aromatic heterocycles. The molecule has 0 bridgehead atoms. The third-order valence-corrected chi connectivity index (χ3v) is 6.91. The molecule has 4 heteroatoms. The van der Waals surface area contributed by atoms with E-state index in [0.717, 1.165) is 37.2 Å². The van der Waals surface area contributed by atoms with E-state index in [4.69, 9.17) is 9.47 Å². The molecule has 4 nitrogen and oxygen atoms in total. The lowest BCUT2D eigenvalue weighted by molar-refractivity contribution is -0.131. The number of nitrogens with zero attached hydrogens (tertiary/aromatic N) is 1. The molecule has 0 unspecified atom stereocenters. The first-order chi connectivity index (χ1) is 14.9. The van der Waals surface area contributed by atoms with Crippen molar-refractivity contribution < 1.29 is 14.3 Å². The first-order valence-electron chi connectivity index (χ1n) is 11.4. The number of ether oxygens (including phenoxy) is 2. The van der Waals surface area contributed by atoms with Gasteiger partial charge in [-0.05, 0) is 43.7 Å². The minimum absolute atomic E-state index is 0.0363. The first kappa shape index (κ1) is 23.3. The second-order valence-electron chi connectivity index (χ2n) is 9.14. The number of hydrogen-bond acceptors (Lipinski definition) is 3. The van der Waals surface area contributed by atoms with E-state index < -0.39 is 0 Å². The second kappa shape index (κ2) is 10.3. The van der Waals surface area contributed by atoms with E-state index in [1.54, 1.807) is 14.0 Å². The summed E-state index contributed by atoms with van der Waals surface area (Å²) < 4.78 is 11.9. The summed E-state index contributed by atoms with van der Waals surface area (Å²) in [4.78, 5) is 14.7. The van der Waals surface area contributed by atoms with Crippen molar-refractivity contribution in [2.45, 2.75) is 64.5 Å². The van der Waals surface area contributed by atoms with Crippen molar-refractivity contribution in [2.75, 3.05) is 20.3 Å². The van der Waals surface area contributed by atoms with Crippen LogP contribution in [0.4, 0.5) is 0 Å². The molecule has 2 aromatic carbocycles. The van der Waals surface area contributed by atoms with E-state index >= 15 is 0 Å². The van der Waals surface area contributed by atoms with E-state index in [0.29, 0.717) is 12.5 Å². The van der Waals surface area contributed by atoms with Gasteiger partial charge in [-0.25, -0.2) is 0 Å². The molecule has 1 aliphatic heterocycles. The molecule has 2 aromatic rings. The molecule has 3 atom stereocenters. The van der Waals surface area contributed by atoms with Gasteiger partial charge in [0.15, 0.2) is 0 Å². The molecule has 0 N–H and O–H groups in total. The van der Waals surface area contributed by atoms with Gasteiger partial charge in [0.2, 0.25) is 5.91 Å². The Hall–Kier alpha value is -2.33. The van der Waals surface area contributed by atoms with Crippen molar-refractivity contribution in [1.82, 2.24) is 4.90 Å². The summed E-state index contributed by atoms with van der Waals surface area (Å²) in [5, 5.41) is 0. The third kappa shape index (κ3) is 5.30. The molecule has 1 aliphatic rings. The average Bonchev–Trinajstić information content (AvgIpc) is 2.79. The van der Waals surface area contributed by atoms with E-state index in [9.17, 15) is 4.79 Å². The Kier molecular flexibility index (Phi) is 7.77. The minimum atomic E-state index is -0.0795. The van der Waals surface area contributed by atoms with Crippen molar-refractivity contribution in [2.24, 2.45) is 5.92 Å². The minimum Gasteiger partial charge on any atom is -0.496 e. The summed E-state index contributed by atoms with van der Waals surface area (Å²) in [6.07, 6.45) is 2.96. The maximum atomic E-state index is 12.6. The van der Waals surface area contributed by atoms with Crippen molar-refractivity contribution >= 4 is 5.91 Å². The standard InChI is InChI=1S/C27H37NO3/c1-20(2)26-19-27(16-18-31-26,24-13-9-10-14-25(24)30-5)15-17-28(22(4)29)21(3)23-11-7-6-8-12-23/h6-14,20-21,26H,15-19H2,1-5H3/t21-,26+,27-/m1/s1. The van der Waals surface area contributed by atoms with Gasteiger partial charge >= 0.3 is 0 Å². The van der Waals surface area contributed by atoms with Crippen LogP contribution in [-0.2, 0) is 14.9 Å². The van der Waals surface area contributed by atoms with Crippen LogP contribution in [0.3, 0.4) is 0 Å². The molecule has 0 aliphatic carbocycles. The van der Waals surface area contributed by atoms with Crippen LogP contribution in [0.15, 0.2) is 54.6 Å². The smallest absolute Gasteiger partial charge is 0.219 e. The van der Waals surface area contributed by atoms with E-state index in [1.165, 1.54) is 5.56 Å². The van der Waals surface area contributed by atoms with Gasteiger partial charge in [-0.1, -0.05) is 62.4 Å². The van der Waals surface area contributed by atoms with Crippen molar-refractivity contribution in [3.63, 3.8) is 0 Å². The molecule has 3 rings (SSSR count). The highest BCUT2D eigenvalue weighted by Gasteiger charge is 2.41. The van der Waals surface area contributed by atoms with Gasteiger partial charge in [-0.3, -0.25) is 4.79 Å². The molecule has 1 heterocycles. The lowest BCUT2D eigenvalue weighted by Crippen LogP contribution is -2.44. The van der Waals surface area contributed by atoms with Gasteiger partial charge in [-0.2, -0.15) is 0 Å². The predicted molar refractivity (Wildman–Crippen MR) is 125 cm³/mol. The predicted octanol–water partition coefficient (Wildman–Crippen LogP) is 5.77. The maximum Gasteiger partial charge on any atom is 0.219 e. The maximum absolute atomic E-state index is 12.6. The van der Waals surface area contributed by atoms with Crippen LogP contribution < -0.4 is 4.74 Å². The fourth-order valence-electron chi connectivity index (χ4n) is 4.94. The quantitative estimate of drug-likeness (QED) is 0.541. The van der Waals surface area contributed by atoms with Crippen LogP contribution in [0, 0.1) is 5.92 Å². The fourth-order valence-corrected chi connectivity index (χ4v) is 4.94. The summed E-state index contributed by atoms with van der Waals surface area (Å²) in [6.45, 7) is 9.68. The molecule has 168 valence electrons. The number of methoxy groups -OCH3 is 1. The Balaban J connectivity index is 1.92.